The van der Waals surface area contributed by atoms with E-state index in [1.807, 2.05) is 16.8 Å². The fraction of sp³-hybridized carbons (Fsp3) is 0.357. The number of thiazole rings is 1. The first-order valence-corrected chi connectivity index (χ1v) is 8.51. The normalized spacial score (nSPS) is 18.7. The summed E-state index contributed by atoms with van der Waals surface area (Å²) in [5.74, 6) is -1.21. The summed E-state index contributed by atoms with van der Waals surface area (Å²) in [7, 11) is 0. The van der Waals surface area contributed by atoms with Gasteiger partial charge in [-0.15, -0.1) is 11.3 Å². The Morgan fingerprint density at radius 3 is 2.90 bits per heavy atom. The van der Waals surface area contributed by atoms with Gasteiger partial charge in [-0.3, -0.25) is 4.79 Å². The minimum absolute atomic E-state index is 0.278. The number of amides is 1. The average Bonchev–Trinajstić information content (AvgIpc) is 3.17. The van der Waals surface area contributed by atoms with Gasteiger partial charge in [-0.05, 0) is 30.7 Å². The van der Waals surface area contributed by atoms with E-state index in [-0.39, 0.29) is 5.91 Å². The molecule has 7 heteroatoms. The second-order valence-electron chi connectivity index (χ2n) is 4.90. The van der Waals surface area contributed by atoms with E-state index in [0.29, 0.717) is 18.7 Å². The standard InChI is InChI=1S/C14H14N2O3S2/c17-13(16-5-2-1-3-11(16)14(18)19)10-8-21-12(15-10)9-4-6-20-7-9/h4,6-8,11H,1-3,5H2,(H,18,19)/t11-/m1/s1. The summed E-state index contributed by atoms with van der Waals surface area (Å²) in [5.41, 5.74) is 1.34. The molecule has 0 aliphatic carbocycles. The Hall–Kier alpha value is -1.73. The number of nitrogens with zero attached hydrogens (tertiary/aromatic N) is 2. The topological polar surface area (TPSA) is 70.5 Å². The van der Waals surface area contributed by atoms with Gasteiger partial charge in [0.2, 0.25) is 0 Å². The molecule has 1 atom stereocenters. The number of thiophene rings is 1. The van der Waals surface area contributed by atoms with E-state index < -0.39 is 12.0 Å². The van der Waals surface area contributed by atoms with Gasteiger partial charge < -0.3 is 10.0 Å². The molecule has 2 aromatic heterocycles. The highest BCUT2D eigenvalue weighted by Gasteiger charge is 2.33. The van der Waals surface area contributed by atoms with Crippen LogP contribution in [-0.2, 0) is 4.79 Å². The Morgan fingerprint density at radius 1 is 1.33 bits per heavy atom. The molecule has 0 saturated carbocycles. The minimum atomic E-state index is -0.934. The highest BCUT2D eigenvalue weighted by atomic mass is 32.1. The van der Waals surface area contributed by atoms with Gasteiger partial charge in [-0.25, -0.2) is 9.78 Å². The third-order valence-electron chi connectivity index (χ3n) is 3.54. The van der Waals surface area contributed by atoms with Crippen LogP contribution in [0, 0.1) is 0 Å². The quantitative estimate of drug-likeness (QED) is 0.943. The third kappa shape index (κ3) is 2.84. The lowest BCUT2D eigenvalue weighted by Gasteiger charge is -2.32. The van der Waals surface area contributed by atoms with Crippen molar-refractivity contribution in [3.63, 3.8) is 0 Å². The van der Waals surface area contributed by atoms with E-state index in [2.05, 4.69) is 4.98 Å². The number of aromatic nitrogens is 1. The number of piperidine rings is 1. The molecule has 1 fully saturated rings. The zero-order valence-electron chi connectivity index (χ0n) is 11.2. The molecule has 1 saturated heterocycles. The van der Waals surface area contributed by atoms with Crippen LogP contribution in [0.15, 0.2) is 22.2 Å². The van der Waals surface area contributed by atoms with Gasteiger partial charge in [0.1, 0.15) is 16.7 Å². The number of hydrogen-bond acceptors (Lipinski definition) is 5. The molecule has 3 heterocycles. The van der Waals surface area contributed by atoms with E-state index in [1.54, 1.807) is 16.7 Å². The van der Waals surface area contributed by atoms with E-state index in [1.165, 1.54) is 16.2 Å². The third-order valence-corrected chi connectivity index (χ3v) is 5.11. The number of carbonyl (C=O) groups is 2. The number of carbonyl (C=O) groups excluding carboxylic acids is 1. The van der Waals surface area contributed by atoms with Crippen LogP contribution in [0.4, 0.5) is 0 Å². The van der Waals surface area contributed by atoms with Crippen molar-refractivity contribution in [2.24, 2.45) is 0 Å². The fourth-order valence-corrected chi connectivity index (χ4v) is 3.98. The van der Waals surface area contributed by atoms with Crippen LogP contribution in [0.2, 0.25) is 0 Å². The fourth-order valence-electron chi connectivity index (χ4n) is 2.47. The molecule has 110 valence electrons. The van der Waals surface area contributed by atoms with Gasteiger partial charge >= 0.3 is 5.97 Å². The summed E-state index contributed by atoms with van der Waals surface area (Å²) in [4.78, 5) is 29.6. The van der Waals surface area contributed by atoms with Crippen LogP contribution in [0.5, 0.6) is 0 Å². The highest BCUT2D eigenvalue weighted by Crippen LogP contribution is 2.27. The van der Waals surface area contributed by atoms with E-state index in [4.69, 9.17) is 0 Å². The Kier molecular flexibility index (Phi) is 4.03. The predicted octanol–water partition coefficient (Wildman–Crippen LogP) is 2.95. The number of carboxylic acid groups (broad SMARTS) is 1. The van der Waals surface area contributed by atoms with E-state index in [0.717, 1.165) is 23.4 Å². The first kappa shape index (κ1) is 14.2. The summed E-state index contributed by atoms with van der Waals surface area (Å²) in [5, 5.41) is 15.7. The first-order valence-electron chi connectivity index (χ1n) is 6.68. The van der Waals surface area contributed by atoms with Gasteiger partial charge in [-0.1, -0.05) is 0 Å². The van der Waals surface area contributed by atoms with Crippen molar-refractivity contribution in [3.8, 4) is 10.6 Å². The van der Waals surface area contributed by atoms with Crippen LogP contribution in [0.3, 0.4) is 0 Å². The van der Waals surface area contributed by atoms with E-state index >= 15 is 0 Å². The van der Waals surface area contributed by atoms with Crippen molar-refractivity contribution in [3.05, 3.63) is 27.9 Å². The second kappa shape index (κ2) is 5.95. The number of carboxylic acids is 1. The average molecular weight is 322 g/mol. The number of aliphatic carboxylic acids is 1. The lowest BCUT2D eigenvalue weighted by atomic mass is 10.0. The molecule has 3 rings (SSSR count). The largest absolute Gasteiger partial charge is 0.480 e. The summed E-state index contributed by atoms with van der Waals surface area (Å²) < 4.78 is 0. The number of rotatable bonds is 3. The summed E-state index contributed by atoms with van der Waals surface area (Å²) >= 11 is 2.99. The molecular formula is C14H14N2O3S2. The highest BCUT2D eigenvalue weighted by molar-refractivity contribution is 7.14. The lowest BCUT2D eigenvalue weighted by molar-refractivity contribution is -0.143. The zero-order chi connectivity index (χ0) is 14.8. The first-order chi connectivity index (χ1) is 10.2. The molecular weight excluding hydrogens is 308 g/mol. The molecule has 2 aromatic rings. The molecule has 1 amide bonds. The molecule has 1 N–H and O–H groups in total. The summed E-state index contributed by atoms with van der Waals surface area (Å²) in [6, 6.07) is 1.23. The Bertz CT molecular complexity index is 651. The minimum Gasteiger partial charge on any atom is -0.480 e. The smallest absolute Gasteiger partial charge is 0.326 e. The monoisotopic (exact) mass is 322 g/mol. The molecule has 0 radical (unpaired) electrons. The molecule has 21 heavy (non-hydrogen) atoms. The molecule has 0 spiro atoms. The molecule has 5 nitrogen and oxygen atoms in total. The van der Waals surface area contributed by atoms with Crippen molar-refractivity contribution in [1.82, 2.24) is 9.88 Å². The summed E-state index contributed by atoms with van der Waals surface area (Å²) in [6.45, 7) is 0.487. The van der Waals surface area contributed by atoms with Crippen molar-refractivity contribution in [1.29, 1.82) is 0 Å². The zero-order valence-corrected chi connectivity index (χ0v) is 12.8. The Balaban J connectivity index is 1.83. The maximum Gasteiger partial charge on any atom is 0.326 e. The SMILES string of the molecule is O=C(O)[C@H]1CCCCN1C(=O)c1csc(-c2ccsc2)n1. The van der Waals surface area contributed by atoms with Crippen LogP contribution >= 0.6 is 22.7 Å². The van der Waals surface area contributed by atoms with Crippen molar-refractivity contribution in [2.75, 3.05) is 6.54 Å². The number of likely N-dealkylation sites (tertiary alicyclic amines) is 1. The molecule has 1 aliphatic rings. The maximum atomic E-state index is 12.5. The van der Waals surface area contributed by atoms with Crippen LogP contribution in [0.1, 0.15) is 29.8 Å². The van der Waals surface area contributed by atoms with Gasteiger partial charge in [0, 0.05) is 22.9 Å². The second-order valence-corrected chi connectivity index (χ2v) is 6.54. The molecule has 0 bridgehead atoms. The van der Waals surface area contributed by atoms with E-state index in [9.17, 15) is 14.7 Å². The maximum absolute atomic E-state index is 12.5. The van der Waals surface area contributed by atoms with Gasteiger partial charge in [0.05, 0.1) is 0 Å². The van der Waals surface area contributed by atoms with Crippen molar-refractivity contribution in [2.45, 2.75) is 25.3 Å². The Labute approximate surface area is 129 Å². The molecule has 0 unspecified atom stereocenters. The molecule has 1 aliphatic heterocycles. The lowest BCUT2D eigenvalue weighted by Crippen LogP contribution is -2.48. The van der Waals surface area contributed by atoms with Gasteiger partial charge in [0.25, 0.3) is 5.91 Å². The number of hydrogen-bond donors (Lipinski definition) is 1. The van der Waals surface area contributed by atoms with Crippen molar-refractivity contribution >= 4 is 34.6 Å². The predicted molar refractivity (Wildman–Crippen MR) is 81.7 cm³/mol. The van der Waals surface area contributed by atoms with Gasteiger partial charge in [-0.2, -0.15) is 11.3 Å². The van der Waals surface area contributed by atoms with Crippen LogP contribution in [-0.4, -0.2) is 39.5 Å². The van der Waals surface area contributed by atoms with Crippen molar-refractivity contribution < 1.29 is 14.7 Å². The summed E-state index contributed by atoms with van der Waals surface area (Å²) in [6.07, 6.45) is 2.21. The van der Waals surface area contributed by atoms with Gasteiger partial charge in [0.15, 0.2) is 0 Å². The van der Waals surface area contributed by atoms with Crippen LogP contribution < -0.4 is 0 Å². The Morgan fingerprint density at radius 2 is 2.19 bits per heavy atom. The van der Waals surface area contributed by atoms with Crippen LogP contribution in [0.25, 0.3) is 10.6 Å². The molecule has 0 aromatic carbocycles.